The number of nitrogens with one attached hydrogen (secondary N) is 1. The van der Waals surface area contributed by atoms with Crippen LogP contribution in [0.5, 0.6) is 0 Å². The quantitative estimate of drug-likeness (QED) is 0.625. The standard InChI is InChI=1S/C20H19BrN4O/c1-15(17-7-9-18(21)10-8-17)22-20(26)12-11-19-14-25(24-23-19)13-16-5-3-2-4-6-16/h2-12,14-15H,13H2,1H3,(H,22,26)/b12-11+/t15-/m1/s1. The van der Waals surface area contributed by atoms with Crippen LogP contribution in [-0.2, 0) is 11.3 Å². The molecule has 1 N–H and O–H groups in total. The molecule has 0 aliphatic rings. The summed E-state index contributed by atoms with van der Waals surface area (Å²) in [4.78, 5) is 12.1. The van der Waals surface area contributed by atoms with Crippen LogP contribution in [0.4, 0.5) is 0 Å². The first kappa shape index (κ1) is 18.1. The average Bonchev–Trinajstić information content (AvgIpc) is 3.09. The Balaban J connectivity index is 1.55. The molecule has 3 aromatic rings. The van der Waals surface area contributed by atoms with Gasteiger partial charge in [-0.1, -0.05) is 63.6 Å². The molecule has 1 heterocycles. The van der Waals surface area contributed by atoms with Crippen molar-refractivity contribution in [1.29, 1.82) is 0 Å². The van der Waals surface area contributed by atoms with E-state index in [2.05, 4.69) is 31.6 Å². The number of rotatable bonds is 6. The number of carbonyl (C=O) groups excluding carboxylic acids is 1. The minimum absolute atomic E-state index is 0.0750. The number of nitrogens with zero attached hydrogens (tertiary/aromatic N) is 3. The lowest BCUT2D eigenvalue weighted by molar-refractivity contribution is -0.117. The van der Waals surface area contributed by atoms with Gasteiger partial charge in [-0.3, -0.25) is 4.79 Å². The number of aromatic nitrogens is 3. The van der Waals surface area contributed by atoms with Gasteiger partial charge in [0.25, 0.3) is 0 Å². The number of benzene rings is 2. The van der Waals surface area contributed by atoms with E-state index in [4.69, 9.17) is 0 Å². The Kier molecular flexibility index (Phi) is 5.96. The maximum Gasteiger partial charge on any atom is 0.244 e. The van der Waals surface area contributed by atoms with Gasteiger partial charge in [0.15, 0.2) is 0 Å². The van der Waals surface area contributed by atoms with Crippen molar-refractivity contribution in [2.75, 3.05) is 0 Å². The number of amides is 1. The molecular weight excluding hydrogens is 392 g/mol. The predicted molar refractivity (Wildman–Crippen MR) is 105 cm³/mol. The van der Waals surface area contributed by atoms with Crippen LogP contribution < -0.4 is 5.32 Å². The van der Waals surface area contributed by atoms with E-state index in [-0.39, 0.29) is 11.9 Å². The minimum Gasteiger partial charge on any atom is -0.346 e. The largest absolute Gasteiger partial charge is 0.346 e. The van der Waals surface area contributed by atoms with Gasteiger partial charge in [-0.2, -0.15) is 0 Å². The summed E-state index contributed by atoms with van der Waals surface area (Å²) in [5, 5.41) is 11.1. The van der Waals surface area contributed by atoms with E-state index < -0.39 is 0 Å². The van der Waals surface area contributed by atoms with Crippen molar-refractivity contribution in [3.05, 3.63) is 88.2 Å². The highest BCUT2D eigenvalue weighted by molar-refractivity contribution is 9.10. The summed E-state index contributed by atoms with van der Waals surface area (Å²) < 4.78 is 2.76. The Labute approximate surface area is 160 Å². The highest BCUT2D eigenvalue weighted by Crippen LogP contribution is 2.16. The molecule has 132 valence electrons. The fourth-order valence-electron chi connectivity index (χ4n) is 2.49. The van der Waals surface area contributed by atoms with Crippen LogP contribution >= 0.6 is 15.9 Å². The van der Waals surface area contributed by atoms with Crippen molar-refractivity contribution >= 4 is 27.9 Å². The number of hydrogen-bond acceptors (Lipinski definition) is 3. The van der Waals surface area contributed by atoms with E-state index in [0.29, 0.717) is 12.2 Å². The summed E-state index contributed by atoms with van der Waals surface area (Å²) in [6, 6.07) is 17.8. The summed E-state index contributed by atoms with van der Waals surface area (Å²) in [6.07, 6.45) is 4.96. The van der Waals surface area contributed by atoms with E-state index >= 15 is 0 Å². The van der Waals surface area contributed by atoms with Gasteiger partial charge in [0.05, 0.1) is 18.8 Å². The third-order valence-electron chi connectivity index (χ3n) is 3.88. The van der Waals surface area contributed by atoms with Crippen molar-refractivity contribution < 1.29 is 4.79 Å². The molecule has 2 aromatic carbocycles. The van der Waals surface area contributed by atoms with Crippen LogP contribution in [0.25, 0.3) is 6.08 Å². The second-order valence-electron chi connectivity index (χ2n) is 5.94. The molecule has 0 saturated heterocycles. The molecule has 1 aromatic heterocycles. The van der Waals surface area contributed by atoms with Crippen LogP contribution in [0.2, 0.25) is 0 Å². The molecule has 0 unspecified atom stereocenters. The minimum atomic E-state index is -0.168. The summed E-state index contributed by atoms with van der Waals surface area (Å²) in [5.74, 6) is -0.168. The normalized spacial score (nSPS) is 12.2. The van der Waals surface area contributed by atoms with Crippen molar-refractivity contribution in [1.82, 2.24) is 20.3 Å². The molecule has 6 heteroatoms. The van der Waals surface area contributed by atoms with Crippen molar-refractivity contribution in [2.45, 2.75) is 19.5 Å². The fourth-order valence-corrected chi connectivity index (χ4v) is 2.76. The molecule has 0 saturated carbocycles. The molecule has 26 heavy (non-hydrogen) atoms. The Morgan fingerprint density at radius 2 is 1.92 bits per heavy atom. The average molecular weight is 411 g/mol. The lowest BCUT2D eigenvalue weighted by Gasteiger charge is -2.12. The molecule has 0 radical (unpaired) electrons. The molecule has 3 rings (SSSR count). The summed E-state index contributed by atoms with van der Waals surface area (Å²) in [6.45, 7) is 2.60. The molecule has 0 aliphatic carbocycles. The molecular formula is C20H19BrN4O. The van der Waals surface area contributed by atoms with Crippen LogP contribution in [0, 0.1) is 0 Å². The first-order chi connectivity index (χ1) is 12.6. The van der Waals surface area contributed by atoms with Gasteiger partial charge in [-0.25, -0.2) is 4.68 Å². The van der Waals surface area contributed by atoms with Gasteiger partial charge >= 0.3 is 0 Å². The second kappa shape index (κ2) is 8.58. The second-order valence-corrected chi connectivity index (χ2v) is 6.86. The number of hydrogen-bond donors (Lipinski definition) is 1. The van der Waals surface area contributed by atoms with Gasteiger partial charge in [0.2, 0.25) is 5.91 Å². The van der Waals surface area contributed by atoms with E-state index in [1.807, 2.05) is 67.7 Å². The van der Waals surface area contributed by atoms with Gasteiger partial charge < -0.3 is 5.32 Å². The first-order valence-electron chi connectivity index (χ1n) is 8.28. The lowest BCUT2D eigenvalue weighted by Crippen LogP contribution is -2.24. The SMILES string of the molecule is C[C@@H](NC(=O)/C=C/c1cn(Cc2ccccc2)nn1)c1ccc(Br)cc1. The number of carbonyl (C=O) groups is 1. The molecule has 0 bridgehead atoms. The Hall–Kier alpha value is -2.73. The van der Waals surface area contributed by atoms with Crippen LogP contribution in [-0.4, -0.2) is 20.9 Å². The topological polar surface area (TPSA) is 59.8 Å². The molecule has 5 nitrogen and oxygen atoms in total. The molecule has 0 spiro atoms. The van der Waals surface area contributed by atoms with Crippen molar-refractivity contribution in [2.24, 2.45) is 0 Å². The van der Waals surface area contributed by atoms with Crippen LogP contribution in [0.15, 0.2) is 71.3 Å². The zero-order valence-electron chi connectivity index (χ0n) is 14.3. The molecule has 1 atom stereocenters. The van der Waals surface area contributed by atoms with Crippen molar-refractivity contribution in [3.63, 3.8) is 0 Å². The van der Waals surface area contributed by atoms with Gasteiger partial charge in [-0.15, -0.1) is 5.10 Å². The first-order valence-corrected chi connectivity index (χ1v) is 9.07. The Bertz CT molecular complexity index is 888. The Morgan fingerprint density at radius 1 is 1.19 bits per heavy atom. The summed E-state index contributed by atoms with van der Waals surface area (Å²) in [7, 11) is 0. The number of halogens is 1. The van der Waals surface area contributed by atoms with E-state index in [0.717, 1.165) is 15.6 Å². The maximum absolute atomic E-state index is 12.1. The molecule has 0 aliphatic heterocycles. The van der Waals surface area contributed by atoms with Crippen molar-refractivity contribution in [3.8, 4) is 0 Å². The maximum atomic E-state index is 12.1. The zero-order valence-corrected chi connectivity index (χ0v) is 15.9. The molecule has 1 amide bonds. The molecule has 0 fully saturated rings. The summed E-state index contributed by atoms with van der Waals surface area (Å²) in [5.41, 5.74) is 2.84. The zero-order chi connectivity index (χ0) is 18.4. The van der Waals surface area contributed by atoms with Gasteiger partial charge in [-0.05, 0) is 36.3 Å². The highest BCUT2D eigenvalue weighted by atomic mass is 79.9. The predicted octanol–water partition coefficient (Wildman–Crippen LogP) is 3.98. The lowest BCUT2D eigenvalue weighted by atomic mass is 10.1. The van der Waals surface area contributed by atoms with Crippen LogP contribution in [0.3, 0.4) is 0 Å². The van der Waals surface area contributed by atoms with E-state index in [1.54, 1.807) is 10.8 Å². The van der Waals surface area contributed by atoms with Gasteiger partial charge in [0, 0.05) is 10.5 Å². The van der Waals surface area contributed by atoms with E-state index in [9.17, 15) is 4.79 Å². The van der Waals surface area contributed by atoms with E-state index in [1.165, 1.54) is 6.08 Å². The van der Waals surface area contributed by atoms with Gasteiger partial charge in [0.1, 0.15) is 5.69 Å². The third kappa shape index (κ3) is 5.13. The monoisotopic (exact) mass is 410 g/mol. The Morgan fingerprint density at radius 3 is 2.65 bits per heavy atom. The highest BCUT2D eigenvalue weighted by Gasteiger charge is 2.07. The fraction of sp³-hybridized carbons (Fsp3) is 0.150. The third-order valence-corrected chi connectivity index (χ3v) is 4.41. The smallest absolute Gasteiger partial charge is 0.244 e. The summed E-state index contributed by atoms with van der Waals surface area (Å²) >= 11 is 3.41. The van der Waals surface area contributed by atoms with Crippen LogP contribution in [0.1, 0.15) is 29.8 Å².